The second kappa shape index (κ2) is 5.45. The standard InChI is InChI=1S/C13H20N4S/c1-18-13-16-11-5-6-14-8-10(11)12(17-13)15-7-9-3-2-4-9/h9,14H,2-8H2,1H3,(H,15,16,17). The lowest BCUT2D eigenvalue weighted by molar-refractivity contribution is 0.333. The van der Waals surface area contributed by atoms with Gasteiger partial charge in [-0.3, -0.25) is 0 Å². The SMILES string of the molecule is CSc1nc2c(c(NCC3CCC3)n1)CNCC2. The average molecular weight is 264 g/mol. The second-order valence-electron chi connectivity index (χ2n) is 5.09. The first-order valence-electron chi connectivity index (χ1n) is 6.75. The fraction of sp³-hybridized carbons (Fsp3) is 0.692. The van der Waals surface area contributed by atoms with Gasteiger partial charge in [0.05, 0.1) is 5.69 Å². The van der Waals surface area contributed by atoms with Crippen molar-refractivity contribution in [3.63, 3.8) is 0 Å². The van der Waals surface area contributed by atoms with Crippen LogP contribution in [0.3, 0.4) is 0 Å². The van der Waals surface area contributed by atoms with E-state index in [1.807, 2.05) is 6.26 Å². The van der Waals surface area contributed by atoms with Crippen LogP contribution in [0.5, 0.6) is 0 Å². The molecule has 2 heterocycles. The molecule has 18 heavy (non-hydrogen) atoms. The summed E-state index contributed by atoms with van der Waals surface area (Å²) in [6.45, 7) is 2.99. The Hall–Kier alpha value is -0.810. The third-order valence-corrected chi connectivity index (χ3v) is 4.43. The maximum atomic E-state index is 4.64. The molecule has 0 saturated heterocycles. The van der Waals surface area contributed by atoms with Gasteiger partial charge in [0.2, 0.25) is 0 Å². The molecule has 0 spiro atoms. The number of rotatable bonds is 4. The van der Waals surface area contributed by atoms with E-state index < -0.39 is 0 Å². The Balaban J connectivity index is 1.80. The monoisotopic (exact) mass is 264 g/mol. The summed E-state index contributed by atoms with van der Waals surface area (Å²) in [4.78, 5) is 9.26. The summed E-state index contributed by atoms with van der Waals surface area (Å²) in [5.74, 6) is 1.91. The second-order valence-corrected chi connectivity index (χ2v) is 5.86. The molecule has 1 aliphatic heterocycles. The van der Waals surface area contributed by atoms with Crippen molar-refractivity contribution in [2.45, 2.75) is 37.4 Å². The van der Waals surface area contributed by atoms with Gasteiger partial charge in [-0.15, -0.1) is 0 Å². The van der Waals surface area contributed by atoms with Gasteiger partial charge in [0, 0.05) is 31.6 Å². The Bertz CT molecular complexity index is 431. The topological polar surface area (TPSA) is 49.8 Å². The van der Waals surface area contributed by atoms with E-state index in [1.165, 1.54) is 30.5 Å². The third kappa shape index (κ3) is 2.47. The summed E-state index contributed by atoms with van der Waals surface area (Å²) in [6.07, 6.45) is 7.19. The van der Waals surface area contributed by atoms with Crippen LogP contribution in [0, 0.1) is 5.92 Å². The van der Waals surface area contributed by atoms with Crippen LogP contribution >= 0.6 is 11.8 Å². The lowest BCUT2D eigenvalue weighted by Crippen LogP contribution is -2.28. The molecular weight excluding hydrogens is 244 g/mol. The minimum atomic E-state index is 0.852. The minimum absolute atomic E-state index is 0.852. The highest BCUT2D eigenvalue weighted by atomic mass is 32.2. The van der Waals surface area contributed by atoms with Crippen LogP contribution in [-0.4, -0.2) is 29.3 Å². The normalized spacial score (nSPS) is 19.2. The summed E-state index contributed by atoms with van der Waals surface area (Å²) in [5.41, 5.74) is 2.50. The highest BCUT2D eigenvalue weighted by Gasteiger charge is 2.20. The molecule has 2 N–H and O–H groups in total. The van der Waals surface area contributed by atoms with Crippen LogP contribution in [0.1, 0.15) is 30.5 Å². The first-order chi connectivity index (χ1) is 8.86. The predicted octanol–water partition coefficient (Wildman–Crippen LogP) is 2.06. The van der Waals surface area contributed by atoms with Gasteiger partial charge < -0.3 is 10.6 Å². The van der Waals surface area contributed by atoms with Gasteiger partial charge in [0.1, 0.15) is 5.82 Å². The number of nitrogens with zero attached hydrogens (tertiary/aromatic N) is 2. The van der Waals surface area contributed by atoms with E-state index >= 15 is 0 Å². The Labute approximate surface area is 112 Å². The maximum absolute atomic E-state index is 4.64. The summed E-state index contributed by atoms with van der Waals surface area (Å²) in [7, 11) is 0. The van der Waals surface area contributed by atoms with Crippen molar-refractivity contribution in [2.75, 3.05) is 24.7 Å². The van der Waals surface area contributed by atoms with E-state index in [9.17, 15) is 0 Å². The van der Waals surface area contributed by atoms with Gasteiger partial charge in [0.15, 0.2) is 5.16 Å². The number of fused-ring (bicyclic) bond motifs is 1. The zero-order chi connectivity index (χ0) is 12.4. The van der Waals surface area contributed by atoms with Crippen molar-refractivity contribution in [1.82, 2.24) is 15.3 Å². The molecule has 0 atom stereocenters. The van der Waals surface area contributed by atoms with E-state index in [4.69, 9.17) is 0 Å². The summed E-state index contributed by atoms with van der Waals surface area (Å²) >= 11 is 1.63. The van der Waals surface area contributed by atoms with Crippen molar-refractivity contribution in [2.24, 2.45) is 5.92 Å². The molecule has 1 aromatic rings. The van der Waals surface area contributed by atoms with Crippen molar-refractivity contribution in [3.8, 4) is 0 Å². The third-order valence-electron chi connectivity index (χ3n) is 3.88. The van der Waals surface area contributed by atoms with Gasteiger partial charge >= 0.3 is 0 Å². The molecule has 3 rings (SSSR count). The van der Waals surface area contributed by atoms with E-state index in [-0.39, 0.29) is 0 Å². The fourth-order valence-corrected chi connectivity index (χ4v) is 2.88. The van der Waals surface area contributed by atoms with Gasteiger partial charge in [-0.05, 0) is 25.0 Å². The molecule has 1 fully saturated rings. The van der Waals surface area contributed by atoms with Gasteiger partial charge in [-0.2, -0.15) is 0 Å². The number of nitrogens with one attached hydrogen (secondary N) is 2. The van der Waals surface area contributed by atoms with Crippen molar-refractivity contribution < 1.29 is 0 Å². The lowest BCUT2D eigenvalue weighted by atomic mass is 9.85. The molecular formula is C13H20N4S. The Morgan fingerprint density at radius 1 is 1.39 bits per heavy atom. The van der Waals surface area contributed by atoms with Crippen LogP contribution in [0.25, 0.3) is 0 Å². The van der Waals surface area contributed by atoms with Gasteiger partial charge in [-0.25, -0.2) is 9.97 Å². The molecule has 0 aromatic carbocycles. The first kappa shape index (κ1) is 12.2. The van der Waals surface area contributed by atoms with E-state index in [2.05, 4.69) is 20.6 Å². The minimum Gasteiger partial charge on any atom is -0.369 e. The van der Waals surface area contributed by atoms with Gasteiger partial charge in [0.25, 0.3) is 0 Å². The number of aromatic nitrogens is 2. The number of hydrogen-bond donors (Lipinski definition) is 2. The summed E-state index contributed by atoms with van der Waals surface area (Å²) in [5, 5.41) is 7.85. The van der Waals surface area contributed by atoms with Gasteiger partial charge in [-0.1, -0.05) is 18.2 Å². The molecule has 98 valence electrons. The quantitative estimate of drug-likeness (QED) is 0.644. The Morgan fingerprint density at radius 2 is 2.28 bits per heavy atom. The molecule has 4 nitrogen and oxygen atoms in total. The van der Waals surface area contributed by atoms with Crippen LogP contribution in [0.2, 0.25) is 0 Å². The van der Waals surface area contributed by atoms with Crippen molar-refractivity contribution >= 4 is 17.6 Å². The highest BCUT2D eigenvalue weighted by Crippen LogP contribution is 2.28. The highest BCUT2D eigenvalue weighted by molar-refractivity contribution is 7.98. The molecule has 5 heteroatoms. The zero-order valence-corrected chi connectivity index (χ0v) is 11.6. The van der Waals surface area contributed by atoms with E-state index in [0.29, 0.717) is 0 Å². The van der Waals surface area contributed by atoms with E-state index in [1.54, 1.807) is 11.8 Å². The molecule has 1 saturated carbocycles. The fourth-order valence-electron chi connectivity index (χ4n) is 2.50. The summed E-state index contributed by atoms with van der Waals surface area (Å²) in [6, 6.07) is 0. The molecule has 0 unspecified atom stereocenters. The van der Waals surface area contributed by atoms with Crippen molar-refractivity contribution in [3.05, 3.63) is 11.3 Å². The largest absolute Gasteiger partial charge is 0.369 e. The number of thioether (sulfide) groups is 1. The molecule has 0 bridgehead atoms. The maximum Gasteiger partial charge on any atom is 0.189 e. The molecule has 0 amide bonds. The van der Waals surface area contributed by atoms with Crippen LogP contribution in [-0.2, 0) is 13.0 Å². The van der Waals surface area contributed by atoms with Crippen LogP contribution in [0.4, 0.5) is 5.82 Å². The smallest absolute Gasteiger partial charge is 0.189 e. The molecule has 0 radical (unpaired) electrons. The molecule has 1 aromatic heterocycles. The van der Waals surface area contributed by atoms with Crippen LogP contribution in [0.15, 0.2) is 5.16 Å². The Kier molecular flexibility index (Phi) is 3.70. The van der Waals surface area contributed by atoms with E-state index in [0.717, 1.165) is 42.9 Å². The Morgan fingerprint density at radius 3 is 3.00 bits per heavy atom. The number of anilines is 1. The summed E-state index contributed by atoms with van der Waals surface area (Å²) < 4.78 is 0. The van der Waals surface area contributed by atoms with Crippen LogP contribution < -0.4 is 10.6 Å². The first-order valence-corrected chi connectivity index (χ1v) is 7.97. The van der Waals surface area contributed by atoms with Crippen molar-refractivity contribution in [1.29, 1.82) is 0 Å². The molecule has 2 aliphatic rings. The number of hydrogen-bond acceptors (Lipinski definition) is 5. The molecule has 1 aliphatic carbocycles. The lowest BCUT2D eigenvalue weighted by Gasteiger charge is -2.27. The zero-order valence-electron chi connectivity index (χ0n) is 10.8. The predicted molar refractivity (Wildman–Crippen MR) is 75.1 cm³/mol. The average Bonchev–Trinajstić information content (AvgIpc) is 2.36.